The molecule has 6 heteroatoms. The van der Waals surface area contributed by atoms with Gasteiger partial charge in [-0.25, -0.2) is 4.79 Å². The van der Waals surface area contributed by atoms with Crippen LogP contribution >= 0.6 is 0 Å². The van der Waals surface area contributed by atoms with Crippen molar-refractivity contribution in [3.8, 4) is 5.75 Å². The number of nitrogens with zero attached hydrogens (tertiary/aromatic N) is 3. The highest BCUT2D eigenvalue weighted by molar-refractivity contribution is 5.86. The standard InChI is InChI=1S/C11H11N3O3/c1-2-16-11(15)10-8-14(13-12-10)17-9-6-4-3-5-7-9/h3-8H,2H2,1H3. The molecule has 0 aliphatic heterocycles. The van der Waals surface area contributed by atoms with Crippen LogP contribution in [-0.2, 0) is 4.74 Å². The van der Waals surface area contributed by atoms with E-state index in [4.69, 9.17) is 9.57 Å². The highest BCUT2D eigenvalue weighted by atomic mass is 16.7. The molecule has 2 aromatic rings. The molecule has 0 unspecified atom stereocenters. The number of ether oxygens (including phenoxy) is 1. The van der Waals surface area contributed by atoms with Crippen molar-refractivity contribution < 1.29 is 14.4 Å². The van der Waals surface area contributed by atoms with Crippen molar-refractivity contribution in [1.82, 2.24) is 15.2 Å². The van der Waals surface area contributed by atoms with Gasteiger partial charge in [-0.15, -0.1) is 5.10 Å². The molecule has 0 radical (unpaired) electrons. The Morgan fingerprint density at radius 2 is 2.12 bits per heavy atom. The van der Waals surface area contributed by atoms with Crippen LogP contribution in [0.5, 0.6) is 5.75 Å². The molecule has 1 heterocycles. The van der Waals surface area contributed by atoms with Crippen LogP contribution in [0.1, 0.15) is 17.4 Å². The van der Waals surface area contributed by atoms with Crippen LogP contribution in [0.15, 0.2) is 36.5 Å². The van der Waals surface area contributed by atoms with Gasteiger partial charge in [-0.1, -0.05) is 23.0 Å². The Labute approximate surface area is 97.7 Å². The maximum atomic E-state index is 11.3. The molecule has 1 aromatic heterocycles. The van der Waals surface area contributed by atoms with Crippen LogP contribution in [0.4, 0.5) is 0 Å². The fourth-order valence-corrected chi connectivity index (χ4v) is 1.18. The van der Waals surface area contributed by atoms with Gasteiger partial charge in [-0.05, 0) is 24.3 Å². The first-order valence-corrected chi connectivity index (χ1v) is 5.12. The van der Waals surface area contributed by atoms with E-state index in [1.54, 1.807) is 19.1 Å². The van der Waals surface area contributed by atoms with Gasteiger partial charge in [0.05, 0.1) is 6.61 Å². The Bertz CT molecular complexity index is 496. The highest BCUT2D eigenvalue weighted by Crippen LogP contribution is 2.09. The van der Waals surface area contributed by atoms with E-state index in [1.165, 1.54) is 6.20 Å². The van der Waals surface area contributed by atoms with Gasteiger partial charge in [0.25, 0.3) is 0 Å². The summed E-state index contributed by atoms with van der Waals surface area (Å²) in [5, 5.41) is 7.30. The predicted molar refractivity (Wildman–Crippen MR) is 58.4 cm³/mol. The summed E-state index contributed by atoms with van der Waals surface area (Å²) in [6, 6.07) is 9.08. The molecule has 0 bridgehead atoms. The molecule has 0 amide bonds. The van der Waals surface area contributed by atoms with Crippen molar-refractivity contribution in [2.45, 2.75) is 6.92 Å². The molecule has 0 N–H and O–H groups in total. The third-order valence-corrected chi connectivity index (χ3v) is 1.90. The summed E-state index contributed by atoms with van der Waals surface area (Å²) in [7, 11) is 0. The van der Waals surface area contributed by atoms with E-state index in [1.807, 2.05) is 18.2 Å². The second-order valence-electron chi connectivity index (χ2n) is 3.13. The molecule has 1 aromatic carbocycles. The number of rotatable bonds is 4. The van der Waals surface area contributed by atoms with Crippen molar-refractivity contribution in [3.63, 3.8) is 0 Å². The van der Waals surface area contributed by atoms with Crippen LogP contribution in [0.25, 0.3) is 0 Å². The number of para-hydroxylation sites is 1. The zero-order chi connectivity index (χ0) is 12.1. The second-order valence-corrected chi connectivity index (χ2v) is 3.13. The lowest BCUT2D eigenvalue weighted by atomic mass is 10.3. The Kier molecular flexibility index (Phi) is 3.34. The molecule has 6 nitrogen and oxygen atoms in total. The number of benzene rings is 1. The van der Waals surface area contributed by atoms with Gasteiger partial charge in [0.2, 0.25) is 0 Å². The summed E-state index contributed by atoms with van der Waals surface area (Å²) < 4.78 is 4.78. The third-order valence-electron chi connectivity index (χ3n) is 1.90. The highest BCUT2D eigenvalue weighted by Gasteiger charge is 2.12. The first-order valence-electron chi connectivity index (χ1n) is 5.12. The van der Waals surface area contributed by atoms with E-state index < -0.39 is 5.97 Å². The van der Waals surface area contributed by atoms with Gasteiger partial charge in [0, 0.05) is 0 Å². The molecule has 0 atom stereocenters. The van der Waals surface area contributed by atoms with Crippen LogP contribution in [0, 0.1) is 0 Å². The zero-order valence-electron chi connectivity index (χ0n) is 9.24. The van der Waals surface area contributed by atoms with Crippen molar-refractivity contribution in [1.29, 1.82) is 0 Å². The van der Waals surface area contributed by atoms with Gasteiger partial charge < -0.3 is 9.57 Å². The van der Waals surface area contributed by atoms with E-state index in [-0.39, 0.29) is 5.69 Å². The van der Waals surface area contributed by atoms with Crippen LogP contribution in [0.2, 0.25) is 0 Å². The van der Waals surface area contributed by atoms with Crippen LogP contribution in [0.3, 0.4) is 0 Å². The molecule has 17 heavy (non-hydrogen) atoms. The minimum absolute atomic E-state index is 0.114. The maximum absolute atomic E-state index is 11.3. The number of carbonyl (C=O) groups is 1. The Hall–Kier alpha value is -2.37. The maximum Gasteiger partial charge on any atom is 0.360 e. The zero-order valence-corrected chi connectivity index (χ0v) is 9.24. The molecular weight excluding hydrogens is 222 g/mol. The normalized spacial score (nSPS) is 9.94. The van der Waals surface area contributed by atoms with Gasteiger partial charge in [0.1, 0.15) is 6.20 Å². The summed E-state index contributed by atoms with van der Waals surface area (Å²) in [6.07, 6.45) is 1.37. The van der Waals surface area contributed by atoms with E-state index in [0.717, 1.165) is 4.85 Å². The monoisotopic (exact) mass is 233 g/mol. The average molecular weight is 233 g/mol. The average Bonchev–Trinajstić information content (AvgIpc) is 2.79. The molecule has 2 rings (SSSR count). The summed E-state index contributed by atoms with van der Waals surface area (Å²) >= 11 is 0. The van der Waals surface area contributed by atoms with Gasteiger partial charge in [-0.3, -0.25) is 0 Å². The second kappa shape index (κ2) is 5.11. The summed E-state index contributed by atoms with van der Waals surface area (Å²) in [4.78, 5) is 17.8. The fraction of sp³-hybridized carbons (Fsp3) is 0.182. The van der Waals surface area contributed by atoms with Crippen molar-refractivity contribution in [3.05, 3.63) is 42.2 Å². The molecule has 0 aliphatic rings. The predicted octanol–water partition coefficient (Wildman–Crippen LogP) is 1.30. The van der Waals surface area contributed by atoms with Gasteiger partial charge >= 0.3 is 5.97 Å². The van der Waals surface area contributed by atoms with Crippen LogP contribution in [-0.4, -0.2) is 27.7 Å². The SMILES string of the molecule is CCOC(=O)c1cn(Oc2ccccc2)nn1. The van der Waals surface area contributed by atoms with E-state index in [2.05, 4.69) is 10.3 Å². The summed E-state index contributed by atoms with van der Waals surface area (Å²) in [5.41, 5.74) is 0.114. The lowest BCUT2D eigenvalue weighted by molar-refractivity contribution is 0.0519. The minimum atomic E-state index is -0.518. The third kappa shape index (κ3) is 2.81. The first kappa shape index (κ1) is 11.1. The topological polar surface area (TPSA) is 66.2 Å². The molecule has 0 saturated heterocycles. The Morgan fingerprint density at radius 1 is 1.35 bits per heavy atom. The summed E-state index contributed by atoms with van der Waals surface area (Å²) in [6.45, 7) is 2.02. The molecule has 0 saturated carbocycles. The number of carbonyl (C=O) groups excluding carboxylic acids is 1. The van der Waals surface area contributed by atoms with Crippen LogP contribution < -0.4 is 4.84 Å². The number of esters is 1. The van der Waals surface area contributed by atoms with Gasteiger partial charge in [-0.2, -0.15) is 0 Å². The van der Waals surface area contributed by atoms with Crippen molar-refractivity contribution in [2.75, 3.05) is 6.61 Å². The number of hydrogen-bond acceptors (Lipinski definition) is 5. The molecular formula is C11H11N3O3. The minimum Gasteiger partial charge on any atom is -0.461 e. The lowest BCUT2D eigenvalue weighted by Crippen LogP contribution is -2.06. The Morgan fingerprint density at radius 3 is 2.82 bits per heavy atom. The Balaban J connectivity index is 2.06. The quantitative estimate of drug-likeness (QED) is 0.744. The summed E-state index contributed by atoms with van der Waals surface area (Å²) in [5.74, 6) is 0.0863. The van der Waals surface area contributed by atoms with Crippen molar-refractivity contribution >= 4 is 5.97 Å². The fourth-order valence-electron chi connectivity index (χ4n) is 1.18. The van der Waals surface area contributed by atoms with E-state index >= 15 is 0 Å². The molecule has 0 spiro atoms. The van der Waals surface area contributed by atoms with Gasteiger partial charge in [0.15, 0.2) is 11.4 Å². The number of aromatic nitrogens is 3. The molecule has 0 fully saturated rings. The number of hydrogen-bond donors (Lipinski definition) is 0. The van der Waals surface area contributed by atoms with Crippen molar-refractivity contribution in [2.24, 2.45) is 0 Å². The molecule has 88 valence electrons. The van der Waals surface area contributed by atoms with E-state index in [0.29, 0.717) is 12.4 Å². The lowest BCUT2D eigenvalue weighted by Gasteiger charge is -2.01. The largest absolute Gasteiger partial charge is 0.461 e. The smallest absolute Gasteiger partial charge is 0.360 e. The first-order chi connectivity index (χ1) is 8.29. The molecule has 0 aliphatic carbocycles. The van der Waals surface area contributed by atoms with E-state index in [9.17, 15) is 4.79 Å².